The van der Waals surface area contributed by atoms with Crippen molar-refractivity contribution in [1.82, 2.24) is 0 Å². The van der Waals surface area contributed by atoms with Crippen molar-refractivity contribution in [1.29, 1.82) is 0 Å². The van der Waals surface area contributed by atoms with Gasteiger partial charge in [-0.2, -0.15) is 0 Å². The Bertz CT molecular complexity index is 337. The van der Waals surface area contributed by atoms with Crippen molar-refractivity contribution in [2.75, 3.05) is 0 Å². The summed E-state index contributed by atoms with van der Waals surface area (Å²) in [6.45, 7) is 0. The molecule has 2 rings (SSSR count). The minimum absolute atomic E-state index is 0.719. The Morgan fingerprint density at radius 1 is 1.07 bits per heavy atom. The second-order valence-corrected chi connectivity index (χ2v) is 4.07. The molecule has 0 heterocycles. The van der Waals surface area contributed by atoms with E-state index in [4.69, 9.17) is 6.42 Å². The van der Waals surface area contributed by atoms with Crippen molar-refractivity contribution < 1.29 is 0 Å². The summed E-state index contributed by atoms with van der Waals surface area (Å²) in [6.07, 6.45) is 12.3. The first kappa shape index (κ1) is 9.34. The summed E-state index contributed by atoms with van der Waals surface area (Å²) in [5, 5.41) is 0. The fourth-order valence-corrected chi connectivity index (χ4v) is 2.40. The number of rotatable bonds is 1. The molecule has 1 aromatic carbocycles. The van der Waals surface area contributed by atoms with Crippen LogP contribution in [0.3, 0.4) is 0 Å². The zero-order valence-electron chi connectivity index (χ0n) is 8.50. The van der Waals surface area contributed by atoms with Crippen LogP contribution in [0.2, 0.25) is 0 Å². The molecule has 0 aliphatic heterocycles. The van der Waals surface area contributed by atoms with Gasteiger partial charge in [0.2, 0.25) is 0 Å². The molecule has 0 heteroatoms. The lowest BCUT2D eigenvalue weighted by Gasteiger charge is -2.22. The van der Waals surface area contributed by atoms with Crippen LogP contribution in [-0.2, 0) is 0 Å². The number of benzene rings is 1. The SMILES string of the molecule is C#Cc1ccccc1C1CCCCC1. The van der Waals surface area contributed by atoms with Gasteiger partial charge < -0.3 is 0 Å². The van der Waals surface area contributed by atoms with E-state index in [0.29, 0.717) is 0 Å². The van der Waals surface area contributed by atoms with E-state index in [9.17, 15) is 0 Å². The largest absolute Gasteiger partial charge is 0.115 e. The van der Waals surface area contributed by atoms with Crippen molar-refractivity contribution >= 4 is 0 Å². The van der Waals surface area contributed by atoms with Gasteiger partial charge in [0, 0.05) is 5.56 Å². The summed E-state index contributed by atoms with van der Waals surface area (Å²) >= 11 is 0. The Morgan fingerprint density at radius 3 is 2.50 bits per heavy atom. The fourth-order valence-electron chi connectivity index (χ4n) is 2.40. The molecule has 0 nitrogen and oxygen atoms in total. The van der Waals surface area contributed by atoms with Crippen LogP contribution in [0, 0.1) is 12.3 Å². The molecule has 1 aromatic rings. The van der Waals surface area contributed by atoms with E-state index in [0.717, 1.165) is 11.5 Å². The molecule has 0 aromatic heterocycles. The van der Waals surface area contributed by atoms with E-state index in [-0.39, 0.29) is 0 Å². The van der Waals surface area contributed by atoms with Gasteiger partial charge in [0.15, 0.2) is 0 Å². The summed E-state index contributed by atoms with van der Waals surface area (Å²) in [5.41, 5.74) is 2.49. The molecule has 0 saturated heterocycles. The lowest BCUT2D eigenvalue weighted by molar-refractivity contribution is 0.443. The first-order valence-corrected chi connectivity index (χ1v) is 5.47. The van der Waals surface area contributed by atoms with Gasteiger partial charge in [0.05, 0.1) is 0 Å². The minimum atomic E-state index is 0.719. The van der Waals surface area contributed by atoms with Gasteiger partial charge >= 0.3 is 0 Å². The molecule has 72 valence electrons. The molecule has 1 saturated carbocycles. The topological polar surface area (TPSA) is 0 Å². The summed E-state index contributed by atoms with van der Waals surface area (Å²) in [6, 6.07) is 8.39. The smallest absolute Gasteiger partial charge is 0.0277 e. The van der Waals surface area contributed by atoms with Crippen LogP contribution in [0.15, 0.2) is 24.3 Å². The van der Waals surface area contributed by atoms with E-state index < -0.39 is 0 Å². The van der Waals surface area contributed by atoms with E-state index in [1.807, 2.05) is 6.07 Å². The highest BCUT2D eigenvalue weighted by atomic mass is 14.2. The maximum Gasteiger partial charge on any atom is 0.0277 e. The Balaban J connectivity index is 2.26. The van der Waals surface area contributed by atoms with Crippen molar-refractivity contribution in [3.63, 3.8) is 0 Å². The van der Waals surface area contributed by atoms with Crippen LogP contribution in [-0.4, -0.2) is 0 Å². The second-order valence-electron chi connectivity index (χ2n) is 4.07. The quantitative estimate of drug-likeness (QED) is 0.583. The third-order valence-corrected chi connectivity index (χ3v) is 3.16. The Hall–Kier alpha value is -1.22. The van der Waals surface area contributed by atoms with Gasteiger partial charge in [-0.3, -0.25) is 0 Å². The Labute approximate surface area is 86.3 Å². The van der Waals surface area contributed by atoms with Crippen LogP contribution in [0.25, 0.3) is 0 Å². The molecule has 14 heavy (non-hydrogen) atoms. The number of hydrogen-bond acceptors (Lipinski definition) is 0. The molecule has 0 radical (unpaired) electrons. The van der Waals surface area contributed by atoms with Gasteiger partial charge in [-0.25, -0.2) is 0 Å². The number of hydrogen-bond donors (Lipinski definition) is 0. The Kier molecular flexibility index (Phi) is 2.89. The molecule has 0 unspecified atom stereocenters. The first-order chi connectivity index (χ1) is 6.92. The standard InChI is InChI=1S/C14H16/c1-2-12-8-6-7-11-14(12)13-9-4-3-5-10-13/h1,6-8,11,13H,3-5,9-10H2. The van der Waals surface area contributed by atoms with Crippen LogP contribution in [0.1, 0.15) is 49.1 Å². The predicted octanol–water partition coefficient (Wildman–Crippen LogP) is 3.72. The van der Waals surface area contributed by atoms with Crippen molar-refractivity contribution in [2.45, 2.75) is 38.0 Å². The Morgan fingerprint density at radius 2 is 1.79 bits per heavy atom. The molecule has 1 aliphatic carbocycles. The zero-order valence-corrected chi connectivity index (χ0v) is 8.50. The molecule has 0 N–H and O–H groups in total. The van der Waals surface area contributed by atoms with E-state index in [1.165, 1.54) is 37.7 Å². The third-order valence-electron chi connectivity index (χ3n) is 3.16. The van der Waals surface area contributed by atoms with Crippen LogP contribution < -0.4 is 0 Å². The monoisotopic (exact) mass is 184 g/mol. The zero-order chi connectivity index (χ0) is 9.80. The van der Waals surface area contributed by atoms with Gasteiger partial charge in [-0.05, 0) is 30.4 Å². The van der Waals surface area contributed by atoms with Gasteiger partial charge in [-0.1, -0.05) is 43.4 Å². The first-order valence-electron chi connectivity index (χ1n) is 5.47. The molecule has 0 atom stereocenters. The van der Waals surface area contributed by atoms with Crippen molar-refractivity contribution in [3.05, 3.63) is 35.4 Å². The van der Waals surface area contributed by atoms with Crippen LogP contribution in [0.4, 0.5) is 0 Å². The lowest BCUT2D eigenvalue weighted by atomic mass is 9.82. The molecule has 0 amide bonds. The molecule has 1 fully saturated rings. The highest BCUT2D eigenvalue weighted by Crippen LogP contribution is 2.33. The fraction of sp³-hybridized carbons (Fsp3) is 0.429. The normalized spacial score (nSPS) is 17.6. The highest BCUT2D eigenvalue weighted by molar-refractivity contribution is 5.41. The number of terminal acetylenes is 1. The van der Waals surface area contributed by atoms with E-state index in [2.05, 4.69) is 24.1 Å². The van der Waals surface area contributed by atoms with Crippen LogP contribution in [0.5, 0.6) is 0 Å². The van der Waals surface area contributed by atoms with E-state index >= 15 is 0 Å². The molecular formula is C14H16. The molecule has 1 aliphatic rings. The maximum absolute atomic E-state index is 5.51. The highest BCUT2D eigenvalue weighted by Gasteiger charge is 2.17. The van der Waals surface area contributed by atoms with Crippen molar-refractivity contribution in [2.24, 2.45) is 0 Å². The molecule has 0 bridgehead atoms. The lowest BCUT2D eigenvalue weighted by Crippen LogP contribution is -2.06. The molecule has 0 spiro atoms. The van der Waals surface area contributed by atoms with Gasteiger partial charge in [0.1, 0.15) is 0 Å². The maximum atomic E-state index is 5.51. The minimum Gasteiger partial charge on any atom is -0.115 e. The average Bonchev–Trinajstić information content (AvgIpc) is 2.30. The van der Waals surface area contributed by atoms with Crippen molar-refractivity contribution in [3.8, 4) is 12.3 Å². The summed E-state index contributed by atoms with van der Waals surface area (Å²) in [7, 11) is 0. The average molecular weight is 184 g/mol. The van der Waals surface area contributed by atoms with E-state index in [1.54, 1.807) is 0 Å². The third kappa shape index (κ3) is 1.82. The van der Waals surface area contributed by atoms with Gasteiger partial charge in [-0.15, -0.1) is 6.42 Å². The summed E-state index contributed by atoms with van der Waals surface area (Å²) in [4.78, 5) is 0. The summed E-state index contributed by atoms with van der Waals surface area (Å²) in [5.74, 6) is 3.51. The predicted molar refractivity (Wildman–Crippen MR) is 60.2 cm³/mol. The summed E-state index contributed by atoms with van der Waals surface area (Å²) < 4.78 is 0. The second kappa shape index (κ2) is 4.33. The van der Waals surface area contributed by atoms with Gasteiger partial charge in [0.25, 0.3) is 0 Å². The van der Waals surface area contributed by atoms with Crippen LogP contribution >= 0.6 is 0 Å². The molecular weight excluding hydrogens is 168 g/mol.